The summed E-state index contributed by atoms with van der Waals surface area (Å²) in [4.78, 5) is 9.00. The lowest BCUT2D eigenvalue weighted by Gasteiger charge is -2.29. The number of rotatable bonds is 5. The summed E-state index contributed by atoms with van der Waals surface area (Å²) in [5.41, 5.74) is 7.01. The van der Waals surface area contributed by atoms with Crippen molar-refractivity contribution in [1.82, 2.24) is 14.9 Å². The molecule has 150 valence electrons. The Bertz CT molecular complexity index is 1060. The zero-order valence-corrected chi connectivity index (χ0v) is 16.0. The molecular weight excluding hydrogens is 392 g/mol. The van der Waals surface area contributed by atoms with Gasteiger partial charge in [-0.2, -0.15) is 4.79 Å². The summed E-state index contributed by atoms with van der Waals surface area (Å²) < 4.78 is 51.5. The van der Waals surface area contributed by atoms with Crippen molar-refractivity contribution in [3.05, 3.63) is 47.7 Å². The zero-order chi connectivity index (χ0) is 20.7. The molecule has 0 amide bonds. The van der Waals surface area contributed by atoms with Crippen LogP contribution in [-0.2, 0) is 16.4 Å². The summed E-state index contributed by atoms with van der Waals surface area (Å²) >= 11 is 0. The van der Waals surface area contributed by atoms with Crippen LogP contribution in [0.5, 0.6) is 0 Å². The lowest BCUT2D eigenvalue weighted by atomic mass is 9.98. The number of benzene rings is 1. The molecule has 2 heterocycles. The van der Waals surface area contributed by atoms with Gasteiger partial charge in [0.1, 0.15) is 18.5 Å². The molecule has 1 aliphatic heterocycles. The van der Waals surface area contributed by atoms with Crippen molar-refractivity contribution in [1.29, 1.82) is 0 Å². The first-order valence-corrected chi connectivity index (χ1v) is 9.69. The Morgan fingerprint density at radius 3 is 2.61 bits per heavy atom. The Kier molecular flexibility index (Phi) is 4.93. The molecule has 0 fully saturated rings. The number of nitrogens with two attached hydrogens (primary N) is 2. The number of amidine groups is 1. The van der Waals surface area contributed by atoms with E-state index >= 15 is 0 Å². The SMILES string of the molecule is Cc1cc(C2=CN=C(N)CN2n2cncn2)c(S(N)(=O)=O)cc1CC(C)(F)F. The highest BCUT2D eigenvalue weighted by Gasteiger charge is 2.28. The Balaban J connectivity index is 2.21. The van der Waals surface area contributed by atoms with Gasteiger partial charge in [0.15, 0.2) is 0 Å². The molecule has 1 aliphatic rings. The van der Waals surface area contributed by atoms with Gasteiger partial charge in [-0.25, -0.2) is 32.3 Å². The van der Waals surface area contributed by atoms with Crippen LogP contribution in [0.3, 0.4) is 0 Å². The fraction of sp³-hybridized carbons (Fsp3) is 0.312. The monoisotopic (exact) mass is 411 g/mol. The molecule has 1 aromatic heterocycles. The Hall–Kier alpha value is -2.86. The van der Waals surface area contributed by atoms with Crippen LogP contribution in [0.25, 0.3) is 5.70 Å². The average molecular weight is 411 g/mol. The van der Waals surface area contributed by atoms with E-state index in [2.05, 4.69) is 15.1 Å². The lowest BCUT2D eigenvalue weighted by molar-refractivity contribution is 0.0224. The minimum atomic E-state index is -4.22. The lowest BCUT2D eigenvalue weighted by Crippen LogP contribution is -2.42. The van der Waals surface area contributed by atoms with Gasteiger partial charge in [0, 0.05) is 12.0 Å². The molecule has 0 spiro atoms. The van der Waals surface area contributed by atoms with Crippen molar-refractivity contribution in [2.75, 3.05) is 11.6 Å². The highest BCUT2D eigenvalue weighted by molar-refractivity contribution is 7.89. The summed E-state index contributed by atoms with van der Waals surface area (Å²) in [6.07, 6.45) is 3.47. The Labute approximate surface area is 160 Å². The maximum Gasteiger partial charge on any atom is 0.249 e. The summed E-state index contributed by atoms with van der Waals surface area (Å²) in [5, 5.41) is 11.0. The summed E-state index contributed by atoms with van der Waals surface area (Å²) in [6.45, 7) is 2.51. The van der Waals surface area contributed by atoms with Crippen LogP contribution in [0.15, 0.2) is 40.9 Å². The third-order valence-electron chi connectivity index (χ3n) is 4.12. The molecule has 2 aromatic rings. The molecule has 9 nitrogen and oxygen atoms in total. The van der Waals surface area contributed by atoms with Crippen LogP contribution >= 0.6 is 0 Å². The topological polar surface area (TPSA) is 132 Å². The third kappa shape index (κ3) is 4.17. The van der Waals surface area contributed by atoms with Gasteiger partial charge in [0.25, 0.3) is 0 Å². The van der Waals surface area contributed by atoms with Gasteiger partial charge in [-0.15, -0.1) is 5.10 Å². The average Bonchev–Trinajstić information content (AvgIpc) is 3.08. The predicted octanol–water partition coefficient (Wildman–Crippen LogP) is 0.739. The van der Waals surface area contributed by atoms with Crippen LogP contribution < -0.4 is 15.9 Å². The van der Waals surface area contributed by atoms with E-state index in [1.54, 1.807) is 11.9 Å². The number of hydrogen-bond acceptors (Lipinski definition) is 7. The van der Waals surface area contributed by atoms with Crippen molar-refractivity contribution < 1.29 is 17.2 Å². The second-order valence-corrected chi connectivity index (χ2v) is 8.10. The first-order valence-electron chi connectivity index (χ1n) is 8.15. The highest BCUT2D eigenvalue weighted by Crippen LogP contribution is 2.31. The Morgan fingerprint density at radius 1 is 1.32 bits per heavy atom. The number of aliphatic imine (C=N–C) groups is 1. The summed E-state index contributed by atoms with van der Waals surface area (Å²) in [6, 6.07) is 2.67. The number of aromatic nitrogens is 3. The van der Waals surface area contributed by atoms with Crippen LogP contribution in [0.1, 0.15) is 23.6 Å². The fourth-order valence-electron chi connectivity index (χ4n) is 2.90. The molecule has 1 aromatic carbocycles. The van der Waals surface area contributed by atoms with E-state index in [0.717, 1.165) is 6.92 Å². The van der Waals surface area contributed by atoms with E-state index in [1.807, 2.05) is 0 Å². The van der Waals surface area contributed by atoms with Gasteiger partial charge in [-0.1, -0.05) is 0 Å². The van der Waals surface area contributed by atoms with E-state index < -0.39 is 22.4 Å². The minimum absolute atomic E-state index is 0.118. The number of hydrogen-bond donors (Lipinski definition) is 2. The van der Waals surface area contributed by atoms with E-state index in [-0.39, 0.29) is 28.4 Å². The second kappa shape index (κ2) is 6.95. The van der Waals surface area contributed by atoms with Gasteiger partial charge < -0.3 is 5.73 Å². The van der Waals surface area contributed by atoms with Crippen LogP contribution in [0, 0.1) is 6.92 Å². The number of primary sulfonamides is 1. The summed E-state index contributed by atoms with van der Waals surface area (Å²) in [5.74, 6) is -2.73. The molecule has 0 saturated carbocycles. The van der Waals surface area contributed by atoms with Gasteiger partial charge >= 0.3 is 0 Å². The predicted molar refractivity (Wildman–Crippen MR) is 99.6 cm³/mol. The van der Waals surface area contributed by atoms with E-state index in [0.29, 0.717) is 11.3 Å². The smallest absolute Gasteiger partial charge is 0.249 e. The highest BCUT2D eigenvalue weighted by atomic mass is 32.2. The largest absolute Gasteiger partial charge is 0.386 e. The molecule has 0 radical (unpaired) electrons. The quantitative estimate of drug-likeness (QED) is 0.746. The minimum Gasteiger partial charge on any atom is -0.386 e. The fourth-order valence-corrected chi connectivity index (χ4v) is 3.68. The molecule has 0 aliphatic carbocycles. The first-order chi connectivity index (χ1) is 13.0. The van der Waals surface area contributed by atoms with Gasteiger partial charge in [-0.3, -0.25) is 5.01 Å². The molecule has 0 bridgehead atoms. The third-order valence-corrected chi connectivity index (χ3v) is 5.07. The van der Waals surface area contributed by atoms with E-state index in [9.17, 15) is 17.2 Å². The second-order valence-electron chi connectivity index (χ2n) is 6.58. The Morgan fingerprint density at radius 2 is 2.04 bits per heavy atom. The maximum atomic E-state index is 13.5. The molecule has 28 heavy (non-hydrogen) atoms. The molecular formula is C16H19F2N7O2S. The molecule has 4 N–H and O–H groups in total. The van der Waals surface area contributed by atoms with Crippen LogP contribution in [0.2, 0.25) is 0 Å². The maximum absolute atomic E-state index is 13.5. The standard InChI is InChI=1S/C16H19F2N7O2S/c1-10-3-12(14(28(20,26)27)4-11(10)5-16(2,17)18)13-6-22-15(19)7-24(13)25-9-21-8-23-25/h3-4,6,8-9H,5,7H2,1-2H3,(H2,19,22)(H2,20,26,27). The van der Waals surface area contributed by atoms with Crippen molar-refractivity contribution in [2.45, 2.75) is 31.1 Å². The normalized spacial score (nSPS) is 15.4. The van der Waals surface area contributed by atoms with Crippen molar-refractivity contribution in [3.8, 4) is 0 Å². The van der Waals surface area contributed by atoms with Gasteiger partial charge in [-0.05, 0) is 37.1 Å². The number of nitrogens with zero attached hydrogens (tertiary/aromatic N) is 5. The molecule has 3 rings (SSSR count). The summed E-state index contributed by atoms with van der Waals surface area (Å²) in [7, 11) is -4.22. The van der Waals surface area contributed by atoms with Crippen molar-refractivity contribution in [3.63, 3.8) is 0 Å². The van der Waals surface area contributed by atoms with Crippen LogP contribution in [-0.4, -0.2) is 41.6 Å². The van der Waals surface area contributed by atoms with Gasteiger partial charge in [0.2, 0.25) is 15.9 Å². The van der Waals surface area contributed by atoms with Crippen molar-refractivity contribution in [2.24, 2.45) is 15.9 Å². The molecule has 0 saturated heterocycles. The number of sulfonamides is 1. The molecule has 0 unspecified atom stereocenters. The zero-order valence-electron chi connectivity index (χ0n) is 15.2. The number of aryl methyl sites for hydroxylation is 1. The van der Waals surface area contributed by atoms with Crippen LogP contribution in [0.4, 0.5) is 8.78 Å². The van der Waals surface area contributed by atoms with E-state index in [4.69, 9.17) is 10.9 Å². The van der Waals surface area contributed by atoms with Gasteiger partial charge in [0.05, 0.1) is 23.3 Å². The number of alkyl halides is 2. The first kappa shape index (κ1) is 19.9. The molecule has 12 heteroatoms. The number of halogens is 2. The molecule has 0 atom stereocenters. The van der Waals surface area contributed by atoms with Crippen molar-refractivity contribution >= 4 is 21.6 Å². The van der Waals surface area contributed by atoms with E-state index in [1.165, 1.54) is 35.8 Å².